The Morgan fingerprint density at radius 2 is 1.72 bits per heavy atom. The Hall–Kier alpha value is -2.06. The Labute approximate surface area is 170 Å². The van der Waals surface area contributed by atoms with Gasteiger partial charge in [-0.1, -0.05) is 66.7 Å². The number of rotatable bonds is 7. The fourth-order valence-corrected chi connectivity index (χ4v) is 3.60. The maximum Gasteiger partial charge on any atom is 0.187 e. The van der Waals surface area contributed by atoms with Crippen molar-refractivity contribution in [2.24, 2.45) is 0 Å². The third-order valence-corrected chi connectivity index (χ3v) is 5.04. The van der Waals surface area contributed by atoms with Crippen LogP contribution >= 0.6 is 0 Å². The van der Waals surface area contributed by atoms with E-state index in [9.17, 15) is 5.11 Å². The fourth-order valence-electron chi connectivity index (χ4n) is 3.60. The zero-order valence-electron chi connectivity index (χ0n) is 16.1. The van der Waals surface area contributed by atoms with Crippen molar-refractivity contribution in [1.82, 2.24) is 0 Å². The Bertz CT molecular complexity index is 767. The number of hydrogen-bond acceptors (Lipinski definition) is 6. The molecule has 6 heteroatoms. The molecule has 2 saturated heterocycles. The first-order valence-electron chi connectivity index (χ1n) is 9.80. The third-order valence-electron chi connectivity index (χ3n) is 5.04. The van der Waals surface area contributed by atoms with Crippen LogP contribution in [0.2, 0.25) is 0 Å². The molecule has 2 fully saturated rings. The summed E-state index contributed by atoms with van der Waals surface area (Å²) in [5.74, 6) is 0. The first-order valence-corrected chi connectivity index (χ1v) is 9.80. The van der Waals surface area contributed by atoms with E-state index < -0.39 is 37.0 Å². The van der Waals surface area contributed by atoms with Gasteiger partial charge in [0.25, 0.3) is 0 Å². The van der Waals surface area contributed by atoms with Crippen LogP contribution in [-0.4, -0.2) is 49.0 Å². The van der Waals surface area contributed by atoms with Crippen molar-refractivity contribution in [3.05, 3.63) is 84.4 Å². The molecule has 154 valence electrons. The van der Waals surface area contributed by atoms with Gasteiger partial charge in [0.2, 0.25) is 0 Å². The highest BCUT2D eigenvalue weighted by Gasteiger charge is 2.50. The van der Waals surface area contributed by atoms with E-state index in [1.54, 1.807) is 6.08 Å². The summed E-state index contributed by atoms with van der Waals surface area (Å²) in [6.07, 6.45) is -2.29. The quantitative estimate of drug-likeness (QED) is 0.724. The van der Waals surface area contributed by atoms with Crippen molar-refractivity contribution in [2.45, 2.75) is 43.6 Å². The molecule has 0 saturated carbocycles. The molecule has 4 rings (SSSR count). The van der Waals surface area contributed by atoms with Crippen LogP contribution in [-0.2, 0) is 30.3 Å². The number of ether oxygens (including phenoxy) is 5. The zero-order chi connectivity index (χ0) is 20.1. The third kappa shape index (κ3) is 4.75. The molecule has 0 bridgehead atoms. The van der Waals surface area contributed by atoms with Gasteiger partial charge in [0.15, 0.2) is 12.6 Å². The molecule has 29 heavy (non-hydrogen) atoms. The summed E-state index contributed by atoms with van der Waals surface area (Å²) < 4.78 is 29.7. The van der Waals surface area contributed by atoms with E-state index in [-0.39, 0.29) is 6.61 Å². The molecule has 0 aromatic heterocycles. The van der Waals surface area contributed by atoms with Crippen molar-refractivity contribution in [2.75, 3.05) is 13.2 Å². The van der Waals surface area contributed by atoms with E-state index in [1.807, 2.05) is 60.7 Å². The molecule has 0 aliphatic carbocycles. The van der Waals surface area contributed by atoms with Crippen LogP contribution < -0.4 is 0 Å². The van der Waals surface area contributed by atoms with Crippen molar-refractivity contribution >= 4 is 0 Å². The minimum atomic E-state index is -1.01. The van der Waals surface area contributed by atoms with Crippen LogP contribution in [0.3, 0.4) is 0 Å². The van der Waals surface area contributed by atoms with E-state index in [0.29, 0.717) is 13.2 Å². The standard InChI is InChI=1S/C23H26O6/c1-2-13-25-23-19(24)21(26-14-16-9-5-3-6-10-16)20-18(28-23)15-27-22(29-20)17-11-7-4-8-12-17/h2-12,18-24H,1,13-15H2/t18-,19-,20+,21-,22-,23+/m1/s1. The SMILES string of the molecule is C=CCO[C@H]1O[C@@H]2CO[C@@H](c3ccccc3)O[C@@H]2[C@H](OCc2ccccc2)[C@H]1O. The molecule has 2 aromatic rings. The summed E-state index contributed by atoms with van der Waals surface area (Å²) in [7, 11) is 0. The summed E-state index contributed by atoms with van der Waals surface area (Å²) in [5, 5.41) is 10.9. The lowest BCUT2D eigenvalue weighted by molar-refractivity contribution is -0.365. The molecule has 2 aromatic carbocycles. The van der Waals surface area contributed by atoms with Crippen LogP contribution in [0, 0.1) is 0 Å². The molecule has 0 radical (unpaired) electrons. The van der Waals surface area contributed by atoms with Gasteiger partial charge in [0.1, 0.15) is 24.4 Å². The van der Waals surface area contributed by atoms with Crippen molar-refractivity contribution in [1.29, 1.82) is 0 Å². The van der Waals surface area contributed by atoms with Gasteiger partial charge in [-0.05, 0) is 5.56 Å². The fraction of sp³-hybridized carbons (Fsp3) is 0.391. The minimum absolute atomic E-state index is 0.263. The predicted molar refractivity (Wildman–Crippen MR) is 106 cm³/mol. The Morgan fingerprint density at radius 1 is 1.00 bits per heavy atom. The number of aliphatic hydroxyl groups excluding tert-OH is 1. The molecular weight excluding hydrogens is 372 g/mol. The lowest BCUT2D eigenvalue weighted by Gasteiger charge is -2.47. The Morgan fingerprint density at radius 3 is 2.45 bits per heavy atom. The van der Waals surface area contributed by atoms with Crippen molar-refractivity contribution in [3.8, 4) is 0 Å². The maximum atomic E-state index is 10.9. The molecule has 0 spiro atoms. The minimum Gasteiger partial charge on any atom is -0.385 e. The number of fused-ring (bicyclic) bond motifs is 1. The van der Waals surface area contributed by atoms with Gasteiger partial charge in [-0.15, -0.1) is 6.58 Å². The topological polar surface area (TPSA) is 66.4 Å². The molecular formula is C23H26O6. The molecule has 6 nitrogen and oxygen atoms in total. The molecule has 0 amide bonds. The summed E-state index contributed by atoms with van der Waals surface area (Å²) in [4.78, 5) is 0. The number of benzene rings is 2. The Balaban J connectivity index is 1.51. The average molecular weight is 398 g/mol. The number of hydrogen-bond donors (Lipinski definition) is 1. The Kier molecular flexibility index (Phi) is 6.71. The highest BCUT2D eigenvalue weighted by Crippen LogP contribution is 2.35. The van der Waals surface area contributed by atoms with E-state index in [1.165, 1.54) is 0 Å². The highest BCUT2D eigenvalue weighted by molar-refractivity contribution is 5.17. The molecule has 6 atom stereocenters. The second-order valence-electron chi connectivity index (χ2n) is 7.09. The summed E-state index contributed by atoms with van der Waals surface area (Å²) in [6.45, 7) is 4.57. The van der Waals surface area contributed by atoms with Gasteiger partial charge in [-0.2, -0.15) is 0 Å². The molecule has 2 aliphatic rings. The monoisotopic (exact) mass is 398 g/mol. The maximum absolute atomic E-state index is 10.9. The van der Waals surface area contributed by atoms with Crippen molar-refractivity contribution in [3.63, 3.8) is 0 Å². The van der Waals surface area contributed by atoms with E-state index in [2.05, 4.69) is 6.58 Å². The van der Waals surface area contributed by atoms with Crippen LogP contribution in [0.25, 0.3) is 0 Å². The van der Waals surface area contributed by atoms with Crippen LogP contribution in [0.15, 0.2) is 73.3 Å². The summed E-state index contributed by atoms with van der Waals surface area (Å²) >= 11 is 0. The molecule has 2 heterocycles. The predicted octanol–water partition coefficient (Wildman–Crippen LogP) is 2.97. The molecule has 1 N–H and O–H groups in total. The van der Waals surface area contributed by atoms with Crippen molar-refractivity contribution < 1.29 is 28.8 Å². The van der Waals surface area contributed by atoms with Gasteiger partial charge in [0, 0.05) is 5.56 Å². The smallest absolute Gasteiger partial charge is 0.187 e. The molecule has 2 aliphatic heterocycles. The average Bonchev–Trinajstić information content (AvgIpc) is 2.78. The lowest BCUT2D eigenvalue weighted by atomic mass is 9.97. The lowest BCUT2D eigenvalue weighted by Crippen LogP contribution is -2.63. The normalized spacial score (nSPS) is 31.8. The van der Waals surface area contributed by atoms with Gasteiger partial charge in [0.05, 0.1) is 19.8 Å². The zero-order valence-corrected chi connectivity index (χ0v) is 16.1. The summed E-state index contributed by atoms with van der Waals surface area (Å²) in [5.41, 5.74) is 1.92. The largest absolute Gasteiger partial charge is 0.385 e. The second-order valence-corrected chi connectivity index (χ2v) is 7.09. The van der Waals surface area contributed by atoms with Gasteiger partial charge in [-0.3, -0.25) is 0 Å². The van der Waals surface area contributed by atoms with Crippen LogP contribution in [0.4, 0.5) is 0 Å². The second kappa shape index (κ2) is 9.63. The molecule has 0 unspecified atom stereocenters. The number of aliphatic hydroxyl groups is 1. The van der Waals surface area contributed by atoms with Gasteiger partial charge >= 0.3 is 0 Å². The van der Waals surface area contributed by atoms with Gasteiger partial charge in [-0.25, -0.2) is 0 Å². The van der Waals surface area contributed by atoms with E-state index in [4.69, 9.17) is 23.7 Å². The first kappa shape index (κ1) is 20.2. The van der Waals surface area contributed by atoms with E-state index >= 15 is 0 Å². The highest BCUT2D eigenvalue weighted by atomic mass is 16.8. The van der Waals surface area contributed by atoms with E-state index in [0.717, 1.165) is 11.1 Å². The van der Waals surface area contributed by atoms with Gasteiger partial charge < -0.3 is 28.8 Å². The van der Waals surface area contributed by atoms with Crippen LogP contribution in [0.5, 0.6) is 0 Å². The van der Waals surface area contributed by atoms with Crippen LogP contribution in [0.1, 0.15) is 17.4 Å². The summed E-state index contributed by atoms with van der Waals surface area (Å²) in [6, 6.07) is 19.5. The first-order chi connectivity index (χ1) is 14.3.